The van der Waals surface area contributed by atoms with Gasteiger partial charge in [0, 0.05) is 24.3 Å². The summed E-state index contributed by atoms with van der Waals surface area (Å²) in [5.74, 6) is 0.134. The number of anilines is 4. The number of halogens is 2. The summed E-state index contributed by atoms with van der Waals surface area (Å²) in [4.78, 5) is 21.2. The van der Waals surface area contributed by atoms with E-state index in [1.54, 1.807) is 16.6 Å². The highest BCUT2D eigenvalue weighted by Crippen LogP contribution is 2.28. The molecule has 1 saturated carbocycles. The van der Waals surface area contributed by atoms with Crippen LogP contribution in [0.25, 0.3) is 5.52 Å². The lowest BCUT2D eigenvalue weighted by Gasteiger charge is -2.27. The second-order valence-electron chi connectivity index (χ2n) is 8.50. The van der Waals surface area contributed by atoms with Crippen molar-refractivity contribution in [1.82, 2.24) is 19.6 Å². The van der Waals surface area contributed by atoms with Gasteiger partial charge >= 0.3 is 0 Å². The first kappa shape index (κ1) is 23.2. The van der Waals surface area contributed by atoms with Crippen molar-refractivity contribution in [1.29, 1.82) is 0 Å². The molecule has 9 nitrogen and oxygen atoms in total. The number of fused-ring (bicyclic) bond motifs is 1. The minimum Gasteiger partial charge on any atom is -0.366 e. The molecule has 4 aromatic heterocycles. The summed E-state index contributed by atoms with van der Waals surface area (Å²) in [7, 11) is 0. The summed E-state index contributed by atoms with van der Waals surface area (Å²) in [5.41, 5.74) is 7.75. The van der Waals surface area contributed by atoms with Gasteiger partial charge in [-0.25, -0.2) is 13.9 Å². The normalized spacial score (nSPS) is 17.8. The lowest BCUT2D eigenvalue weighted by Crippen LogP contribution is -2.33. The van der Waals surface area contributed by atoms with E-state index in [1.807, 2.05) is 24.3 Å². The van der Waals surface area contributed by atoms with E-state index in [9.17, 15) is 9.18 Å². The van der Waals surface area contributed by atoms with E-state index >= 15 is 0 Å². The monoisotopic (exact) mass is 538 g/mol. The minimum atomic E-state index is -0.615. The van der Waals surface area contributed by atoms with Gasteiger partial charge in [0.25, 0.3) is 5.91 Å². The molecule has 4 heterocycles. The van der Waals surface area contributed by atoms with Crippen LogP contribution in [0.1, 0.15) is 36.2 Å². The standard InChI is InChI=1S/C24H24BrFN8O/c25-21-2-1-3-22(32-21)30-18-12-23(29-15-6-4-14(27)5-7-15)33-34-19(18)8-9-20(34)24(35)31-17-10-11-28-13-16(17)26/h1-3,8-15H,4-7,27H2,(H,29,33)(H,30,32)(H,28,31,35). The highest BCUT2D eigenvalue weighted by atomic mass is 79.9. The topological polar surface area (TPSA) is 122 Å². The SMILES string of the molecule is NC1CCC(Nc2cc(Nc3cccc(Br)n3)c3ccc(C(=O)Nc4ccncc4F)n3n2)CC1. The molecule has 0 saturated heterocycles. The van der Waals surface area contributed by atoms with E-state index in [0.717, 1.165) is 37.6 Å². The average molecular weight is 539 g/mol. The maximum Gasteiger partial charge on any atom is 0.274 e. The molecule has 0 spiro atoms. The zero-order chi connectivity index (χ0) is 24.4. The van der Waals surface area contributed by atoms with Crippen LogP contribution in [0.5, 0.6) is 0 Å². The van der Waals surface area contributed by atoms with Crippen LogP contribution in [0.3, 0.4) is 0 Å². The second kappa shape index (κ2) is 9.96. The van der Waals surface area contributed by atoms with Crippen molar-refractivity contribution in [2.45, 2.75) is 37.8 Å². The highest BCUT2D eigenvalue weighted by Gasteiger charge is 2.21. The number of amides is 1. The number of nitrogens with two attached hydrogens (primary N) is 1. The van der Waals surface area contributed by atoms with Crippen LogP contribution in [0.2, 0.25) is 0 Å². The zero-order valence-corrected chi connectivity index (χ0v) is 20.3. The second-order valence-corrected chi connectivity index (χ2v) is 9.31. The first-order valence-corrected chi connectivity index (χ1v) is 12.1. The van der Waals surface area contributed by atoms with Gasteiger partial charge in [-0.1, -0.05) is 6.07 Å². The van der Waals surface area contributed by atoms with Crippen molar-refractivity contribution >= 4 is 50.4 Å². The lowest BCUT2D eigenvalue weighted by molar-refractivity contribution is 0.102. The molecule has 4 aromatic rings. The number of pyridine rings is 2. The number of nitrogens with zero attached hydrogens (tertiary/aromatic N) is 4. The van der Waals surface area contributed by atoms with Gasteiger partial charge < -0.3 is 21.7 Å². The number of carbonyl (C=O) groups is 1. The van der Waals surface area contributed by atoms with Crippen molar-refractivity contribution in [3.63, 3.8) is 0 Å². The van der Waals surface area contributed by atoms with Crippen LogP contribution in [0.15, 0.2) is 59.5 Å². The third-order valence-corrected chi connectivity index (χ3v) is 6.42. The van der Waals surface area contributed by atoms with Crippen molar-refractivity contribution in [3.05, 3.63) is 71.0 Å². The number of carbonyl (C=O) groups excluding carboxylic acids is 1. The Hall–Kier alpha value is -3.57. The molecule has 1 aliphatic rings. The van der Waals surface area contributed by atoms with Gasteiger partial charge in [0.2, 0.25) is 0 Å². The Bertz CT molecular complexity index is 1370. The molecule has 5 rings (SSSR count). The molecule has 0 radical (unpaired) electrons. The molecule has 1 aliphatic carbocycles. The summed E-state index contributed by atoms with van der Waals surface area (Å²) < 4.78 is 16.3. The molecule has 0 aromatic carbocycles. The first-order valence-electron chi connectivity index (χ1n) is 11.3. The summed E-state index contributed by atoms with van der Waals surface area (Å²) in [6.45, 7) is 0. The third kappa shape index (κ3) is 5.25. The fourth-order valence-corrected chi connectivity index (χ4v) is 4.53. The van der Waals surface area contributed by atoms with E-state index in [1.165, 1.54) is 12.3 Å². The molecule has 180 valence electrons. The van der Waals surface area contributed by atoms with Crippen molar-refractivity contribution in [2.75, 3.05) is 16.0 Å². The van der Waals surface area contributed by atoms with E-state index < -0.39 is 11.7 Å². The average Bonchev–Trinajstić information content (AvgIpc) is 3.27. The molecule has 0 aliphatic heterocycles. The van der Waals surface area contributed by atoms with Crippen molar-refractivity contribution in [2.24, 2.45) is 5.73 Å². The summed E-state index contributed by atoms with van der Waals surface area (Å²) >= 11 is 3.39. The molecular formula is C24H24BrFN8O. The molecule has 35 heavy (non-hydrogen) atoms. The quantitative estimate of drug-likeness (QED) is 0.262. The molecule has 0 unspecified atom stereocenters. The third-order valence-electron chi connectivity index (χ3n) is 5.98. The Labute approximate surface area is 209 Å². The van der Waals surface area contributed by atoms with Gasteiger partial charge in [-0.2, -0.15) is 0 Å². The van der Waals surface area contributed by atoms with E-state index in [4.69, 9.17) is 10.8 Å². The van der Waals surface area contributed by atoms with Gasteiger partial charge in [-0.15, -0.1) is 5.10 Å². The van der Waals surface area contributed by atoms with Crippen molar-refractivity contribution in [3.8, 4) is 0 Å². The van der Waals surface area contributed by atoms with Crippen LogP contribution in [0, 0.1) is 5.82 Å². The number of hydrogen-bond acceptors (Lipinski definition) is 7. The van der Waals surface area contributed by atoms with Gasteiger partial charge in [-0.3, -0.25) is 9.78 Å². The number of aromatic nitrogens is 4. The van der Waals surface area contributed by atoms with E-state index in [-0.39, 0.29) is 23.5 Å². The van der Waals surface area contributed by atoms with Crippen LogP contribution in [-0.2, 0) is 0 Å². The Balaban J connectivity index is 1.51. The maximum absolute atomic E-state index is 14.1. The first-order chi connectivity index (χ1) is 17.0. The smallest absolute Gasteiger partial charge is 0.274 e. The predicted molar refractivity (Wildman–Crippen MR) is 136 cm³/mol. The summed E-state index contributed by atoms with van der Waals surface area (Å²) in [5, 5.41) is 14.1. The summed E-state index contributed by atoms with van der Waals surface area (Å²) in [6.07, 6.45) is 6.24. The fraction of sp³-hybridized carbons (Fsp3) is 0.250. The Morgan fingerprint density at radius 3 is 2.69 bits per heavy atom. The Morgan fingerprint density at radius 2 is 1.91 bits per heavy atom. The molecule has 1 amide bonds. The van der Waals surface area contributed by atoms with E-state index in [2.05, 4.69) is 41.8 Å². The highest BCUT2D eigenvalue weighted by molar-refractivity contribution is 9.10. The fourth-order valence-electron chi connectivity index (χ4n) is 4.18. The van der Waals surface area contributed by atoms with Crippen LogP contribution < -0.4 is 21.7 Å². The van der Waals surface area contributed by atoms with E-state index in [0.29, 0.717) is 21.8 Å². The lowest BCUT2D eigenvalue weighted by atomic mass is 9.92. The molecule has 11 heteroatoms. The van der Waals surface area contributed by atoms with Crippen LogP contribution in [-0.4, -0.2) is 37.6 Å². The van der Waals surface area contributed by atoms with Crippen LogP contribution >= 0.6 is 15.9 Å². The maximum atomic E-state index is 14.1. The number of hydrogen-bond donors (Lipinski definition) is 4. The predicted octanol–water partition coefficient (Wildman–Crippen LogP) is 4.70. The molecule has 0 atom stereocenters. The largest absolute Gasteiger partial charge is 0.366 e. The van der Waals surface area contributed by atoms with Gasteiger partial charge in [0.15, 0.2) is 5.82 Å². The summed E-state index contributed by atoms with van der Waals surface area (Å²) in [6, 6.07) is 12.8. The Morgan fingerprint density at radius 1 is 1.09 bits per heavy atom. The minimum absolute atomic E-state index is 0.0458. The van der Waals surface area contributed by atoms with Crippen LogP contribution in [0.4, 0.5) is 27.4 Å². The molecule has 5 N–H and O–H groups in total. The number of nitrogens with one attached hydrogen (secondary N) is 3. The van der Waals surface area contributed by atoms with Gasteiger partial charge in [0.05, 0.1) is 23.1 Å². The molecule has 1 fully saturated rings. The zero-order valence-electron chi connectivity index (χ0n) is 18.7. The Kier molecular flexibility index (Phi) is 6.60. The molecular weight excluding hydrogens is 515 g/mol. The van der Waals surface area contributed by atoms with Gasteiger partial charge in [0.1, 0.15) is 21.9 Å². The van der Waals surface area contributed by atoms with Gasteiger partial charge in [-0.05, 0) is 71.9 Å². The van der Waals surface area contributed by atoms with Crippen molar-refractivity contribution < 1.29 is 9.18 Å². The molecule has 0 bridgehead atoms. The number of rotatable bonds is 6.